The molecule has 0 fully saturated rings. The third-order valence-electron chi connectivity index (χ3n) is 3.88. The topological polar surface area (TPSA) is 89.9 Å². The van der Waals surface area contributed by atoms with Crippen LogP contribution in [0, 0.1) is 0 Å². The first-order chi connectivity index (χ1) is 14.2. The summed E-state index contributed by atoms with van der Waals surface area (Å²) in [5, 5.41) is 12.3. The number of hydrogen-bond acceptors (Lipinski definition) is 6. The van der Waals surface area contributed by atoms with Crippen LogP contribution in [-0.2, 0) is 0 Å². The van der Waals surface area contributed by atoms with Gasteiger partial charge in [0.2, 0.25) is 0 Å². The van der Waals surface area contributed by atoms with Gasteiger partial charge in [0.25, 0.3) is 5.91 Å². The van der Waals surface area contributed by atoms with Crippen molar-refractivity contribution < 1.29 is 24.1 Å². The Morgan fingerprint density at radius 2 is 1.76 bits per heavy atom. The summed E-state index contributed by atoms with van der Waals surface area (Å²) < 4.78 is 17.0. The number of carbonyl (C=O) groups excluding carboxylic acids is 1. The number of aromatic hydroxyl groups is 1. The van der Waals surface area contributed by atoms with Gasteiger partial charge >= 0.3 is 0 Å². The van der Waals surface area contributed by atoms with Gasteiger partial charge in [0, 0.05) is 11.8 Å². The van der Waals surface area contributed by atoms with Crippen molar-refractivity contribution in [1.29, 1.82) is 0 Å². The largest absolute Gasteiger partial charge is 0.504 e. The molecule has 0 radical (unpaired) electrons. The molecule has 2 aromatic carbocycles. The molecule has 0 unspecified atom stereocenters. The predicted octanol–water partition coefficient (Wildman–Crippen LogP) is 3.90. The van der Waals surface area contributed by atoms with E-state index in [2.05, 4.69) is 10.3 Å². The van der Waals surface area contributed by atoms with Crippen LogP contribution in [0.3, 0.4) is 0 Å². The van der Waals surface area contributed by atoms with E-state index in [1.165, 1.54) is 12.3 Å². The first-order valence-corrected chi connectivity index (χ1v) is 9.20. The zero-order valence-electron chi connectivity index (χ0n) is 16.0. The summed E-state index contributed by atoms with van der Waals surface area (Å²) >= 11 is 0. The third-order valence-corrected chi connectivity index (χ3v) is 3.88. The summed E-state index contributed by atoms with van der Waals surface area (Å²) in [6.45, 7) is 2.96. The molecule has 1 amide bonds. The molecule has 2 N–H and O–H groups in total. The fraction of sp³-hybridized carbons (Fsp3) is 0.182. The quantitative estimate of drug-likeness (QED) is 0.535. The van der Waals surface area contributed by atoms with Crippen LogP contribution in [0.15, 0.2) is 66.9 Å². The second-order valence-corrected chi connectivity index (χ2v) is 5.93. The Morgan fingerprint density at radius 3 is 2.52 bits per heavy atom. The maximum absolute atomic E-state index is 12.5. The summed E-state index contributed by atoms with van der Waals surface area (Å²) in [4.78, 5) is 16.4. The number of nitrogens with zero attached hydrogens (tertiary/aromatic N) is 1. The zero-order valence-corrected chi connectivity index (χ0v) is 16.0. The van der Waals surface area contributed by atoms with Gasteiger partial charge in [-0.15, -0.1) is 0 Å². The molecule has 150 valence electrons. The van der Waals surface area contributed by atoms with Crippen molar-refractivity contribution in [2.75, 3.05) is 25.1 Å². The lowest BCUT2D eigenvalue weighted by molar-refractivity contribution is 0.102. The summed E-state index contributed by atoms with van der Waals surface area (Å²) in [5.74, 6) is 1.30. The number of anilines is 1. The van der Waals surface area contributed by atoms with Crippen LogP contribution in [0.2, 0.25) is 0 Å². The predicted molar refractivity (Wildman–Crippen MR) is 109 cm³/mol. The van der Waals surface area contributed by atoms with Crippen LogP contribution >= 0.6 is 0 Å². The van der Waals surface area contributed by atoms with Gasteiger partial charge in [0.15, 0.2) is 23.1 Å². The molecule has 1 aromatic heterocycles. The van der Waals surface area contributed by atoms with Crippen molar-refractivity contribution in [3.8, 4) is 23.0 Å². The van der Waals surface area contributed by atoms with Gasteiger partial charge in [-0.1, -0.05) is 18.2 Å². The summed E-state index contributed by atoms with van der Waals surface area (Å²) in [6, 6.07) is 17.4. The van der Waals surface area contributed by atoms with Crippen molar-refractivity contribution in [3.63, 3.8) is 0 Å². The van der Waals surface area contributed by atoms with Crippen LogP contribution in [0.1, 0.15) is 17.3 Å². The first-order valence-electron chi connectivity index (χ1n) is 9.20. The van der Waals surface area contributed by atoms with Crippen molar-refractivity contribution in [2.24, 2.45) is 0 Å². The van der Waals surface area contributed by atoms with Gasteiger partial charge in [-0.25, -0.2) is 4.98 Å². The minimum atomic E-state index is -0.418. The number of hydrogen-bond donors (Lipinski definition) is 2. The molecule has 7 nitrogen and oxygen atoms in total. The number of ether oxygens (including phenoxy) is 3. The van der Waals surface area contributed by atoms with Gasteiger partial charge in [-0.05, 0) is 49.4 Å². The summed E-state index contributed by atoms with van der Waals surface area (Å²) in [6.07, 6.45) is 1.48. The van der Waals surface area contributed by atoms with Crippen molar-refractivity contribution in [1.82, 2.24) is 4.98 Å². The Kier molecular flexibility index (Phi) is 6.89. The van der Waals surface area contributed by atoms with Crippen LogP contribution in [-0.4, -0.2) is 35.8 Å². The molecule has 0 aliphatic heterocycles. The van der Waals surface area contributed by atoms with Gasteiger partial charge in [-0.3, -0.25) is 4.79 Å². The van der Waals surface area contributed by atoms with Gasteiger partial charge in [0.05, 0.1) is 6.61 Å². The normalized spacial score (nSPS) is 10.2. The SMILES string of the molecule is CCOc1cc(C(=O)Nc2ncccc2O)ccc1OCCOc1ccccc1. The standard InChI is InChI=1S/C22H22N2O5/c1-2-27-20-15-16(22(26)24-21-18(25)9-6-12-23-21)10-11-19(20)29-14-13-28-17-7-4-3-5-8-17/h3-12,15,25H,2,13-14H2,1H3,(H,23,24,26). The maximum Gasteiger partial charge on any atom is 0.257 e. The van der Waals surface area contributed by atoms with E-state index in [1.54, 1.807) is 24.3 Å². The van der Waals surface area contributed by atoms with Crippen LogP contribution in [0.25, 0.3) is 0 Å². The maximum atomic E-state index is 12.5. The van der Waals surface area contributed by atoms with Crippen molar-refractivity contribution >= 4 is 11.7 Å². The lowest BCUT2D eigenvalue weighted by Gasteiger charge is -2.14. The number of para-hydroxylation sites is 1. The molecule has 0 atom stereocenters. The highest BCUT2D eigenvalue weighted by Crippen LogP contribution is 2.29. The molecular formula is C22H22N2O5. The van der Waals surface area contributed by atoms with E-state index in [1.807, 2.05) is 37.3 Å². The van der Waals surface area contributed by atoms with Crippen molar-refractivity contribution in [3.05, 3.63) is 72.4 Å². The van der Waals surface area contributed by atoms with E-state index < -0.39 is 5.91 Å². The Morgan fingerprint density at radius 1 is 0.966 bits per heavy atom. The summed E-state index contributed by atoms with van der Waals surface area (Å²) in [7, 11) is 0. The lowest BCUT2D eigenvalue weighted by Crippen LogP contribution is -2.14. The molecule has 0 spiro atoms. The molecule has 0 saturated carbocycles. The Hall–Kier alpha value is -3.74. The molecular weight excluding hydrogens is 372 g/mol. The Balaban J connectivity index is 1.63. The lowest BCUT2D eigenvalue weighted by atomic mass is 10.2. The molecule has 1 heterocycles. The van der Waals surface area contributed by atoms with E-state index in [0.717, 1.165) is 5.75 Å². The van der Waals surface area contributed by atoms with Gasteiger partial charge < -0.3 is 24.6 Å². The van der Waals surface area contributed by atoms with E-state index in [9.17, 15) is 9.90 Å². The number of amides is 1. The van der Waals surface area contributed by atoms with Crippen LogP contribution < -0.4 is 19.5 Å². The van der Waals surface area contributed by atoms with E-state index in [-0.39, 0.29) is 11.6 Å². The van der Waals surface area contributed by atoms with E-state index in [0.29, 0.717) is 36.9 Å². The van der Waals surface area contributed by atoms with E-state index in [4.69, 9.17) is 14.2 Å². The minimum Gasteiger partial charge on any atom is -0.504 e. The average molecular weight is 394 g/mol. The van der Waals surface area contributed by atoms with E-state index >= 15 is 0 Å². The number of carbonyl (C=O) groups is 1. The van der Waals surface area contributed by atoms with Crippen LogP contribution in [0.4, 0.5) is 5.82 Å². The van der Waals surface area contributed by atoms with Crippen molar-refractivity contribution in [2.45, 2.75) is 6.92 Å². The minimum absolute atomic E-state index is 0.0915. The molecule has 3 aromatic rings. The molecule has 29 heavy (non-hydrogen) atoms. The smallest absolute Gasteiger partial charge is 0.257 e. The number of nitrogens with one attached hydrogen (secondary N) is 1. The third kappa shape index (κ3) is 5.62. The highest BCUT2D eigenvalue weighted by atomic mass is 16.5. The Bertz CT molecular complexity index is 947. The molecule has 0 aliphatic rings. The molecule has 0 saturated heterocycles. The molecule has 0 aliphatic carbocycles. The fourth-order valence-electron chi connectivity index (χ4n) is 2.54. The number of benzene rings is 2. The number of pyridine rings is 1. The van der Waals surface area contributed by atoms with Gasteiger partial charge in [0.1, 0.15) is 19.0 Å². The molecule has 7 heteroatoms. The average Bonchev–Trinajstić information content (AvgIpc) is 2.74. The second-order valence-electron chi connectivity index (χ2n) is 5.93. The number of aromatic nitrogens is 1. The summed E-state index contributed by atoms with van der Waals surface area (Å²) in [5.41, 5.74) is 0.353. The van der Waals surface area contributed by atoms with Gasteiger partial charge in [-0.2, -0.15) is 0 Å². The van der Waals surface area contributed by atoms with Crippen LogP contribution in [0.5, 0.6) is 23.0 Å². The highest BCUT2D eigenvalue weighted by molar-refractivity contribution is 6.04. The Labute approximate surface area is 168 Å². The second kappa shape index (κ2) is 9.98. The zero-order chi connectivity index (χ0) is 20.5. The number of rotatable bonds is 9. The first kappa shape index (κ1) is 20.0. The monoisotopic (exact) mass is 394 g/mol. The highest BCUT2D eigenvalue weighted by Gasteiger charge is 2.14. The molecule has 0 bridgehead atoms. The fourth-order valence-corrected chi connectivity index (χ4v) is 2.54. The molecule has 3 rings (SSSR count).